The molecule has 4 rings (SSSR count). The number of Topliss-reactive ketones (excluding diaryl/α,β-unsaturated/α-hetero) is 1. The van der Waals surface area contributed by atoms with E-state index in [0.717, 1.165) is 36.7 Å². The lowest BCUT2D eigenvalue weighted by atomic mass is 10.0. The Morgan fingerprint density at radius 1 is 1.03 bits per heavy atom. The Kier molecular flexibility index (Phi) is 6.14. The number of morpholine rings is 1. The topological polar surface area (TPSA) is 75.6 Å². The van der Waals surface area contributed by atoms with Crippen LogP contribution in [0.4, 0.5) is 5.95 Å². The molecular weight excluding hydrogens is 368 g/mol. The molecule has 2 aliphatic heterocycles. The van der Waals surface area contributed by atoms with E-state index in [9.17, 15) is 9.59 Å². The Morgan fingerprint density at radius 2 is 1.83 bits per heavy atom. The number of rotatable bonds is 6. The first kappa shape index (κ1) is 19.5. The second-order valence-corrected chi connectivity index (χ2v) is 7.45. The van der Waals surface area contributed by atoms with E-state index in [2.05, 4.69) is 9.88 Å². The number of benzene rings is 1. The number of ether oxygens (including phenoxy) is 1. The molecule has 0 N–H and O–H groups in total. The standard InChI is InChI=1S/C22H26N4O3/c27-20(17-5-2-1-3-6-17)7-4-8-21(28)26-10-9-18-15-23-22(24-19(18)16-26)25-11-13-29-14-12-25/h1-3,5-6,15H,4,7-14,16H2. The number of amides is 1. The van der Waals surface area contributed by atoms with Crippen LogP contribution < -0.4 is 4.90 Å². The van der Waals surface area contributed by atoms with Gasteiger partial charge in [-0.15, -0.1) is 0 Å². The lowest BCUT2D eigenvalue weighted by Crippen LogP contribution is -2.39. The summed E-state index contributed by atoms with van der Waals surface area (Å²) in [5.74, 6) is 0.892. The van der Waals surface area contributed by atoms with Crippen molar-refractivity contribution >= 4 is 17.6 Å². The highest BCUT2D eigenvalue weighted by atomic mass is 16.5. The van der Waals surface area contributed by atoms with Crippen molar-refractivity contribution in [2.45, 2.75) is 32.2 Å². The van der Waals surface area contributed by atoms with E-state index in [-0.39, 0.29) is 11.7 Å². The van der Waals surface area contributed by atoms with Crippen molar-refractivity contribution in [2.24, 2.45) is 0 Å². The van der Waals surface area contributed by atoms with Crippen molar-refractivity contribution in [2.75, 3.05) is 37.7 Å². The van der Waals surface area contributed by atoms with Crippen LogP contribution in [0.3, 0.4) is 0 Å². The van der Waals surface area contributed by atoms with Gasteiger partial charge in [-0.05, 0) is 18.4 Å². The molecule has 1 aromatic heterocycles. The van der Waals surface area contributed by atoms with Crippen molar-refractivity contribution in [3.63, 3.8) is 0 Å². The maximum absolute atomic E-state index is 12.7. The minimum atomic E-state index is 0.0862. The molecule has 1 amide bonds. The second-order valence-electron chi connectivity index (χ2n) is 7.45. The number of aromatic nitrogens is 2. The number of hydrogen-bond acceptors (Lipinski definition) is 6. The van der Waals surface area contributed by atoms with Crippen molar-refractivity contribution < 1.29 is 14.3 Å². The monoisotopic (exact) mass is 394 g/mol. The molecule has 0 bridgehead atoms. The normalized spacial score (nSPS) is 16.4. The predicted molar refractivity (Wildman–Crippen MR) is 109 cm³/mol. The summed E-state index contributed by atoms with van der Waals surface area (Å²) >= 11 is 0. The third-order valence-electron chi connectivity index (χ3n) is 5.47. The van der Waals surface area contributed by atoms with Gasteiger partial charge in [-0.25, -0.2) is 9.97 Å². The maximum Gasteiger partial charge on any atom is 0.225 e. The van der Waals surface area contributed by atoms with Gasteiger partial charge in [-0.3, -0.25) is 9.59 Å². The van der Waals surface area contributed by atoms with E-state index >= 15 is 0 Å². The molecule has 0 atom stereocenters. The van der Waals surface area contributed by atoms with Crippen molar-refractivity contribution in [3.05, 3.63) is 53.3 Å². The number of carbonyl (C=O) groups is 2. The fraction of sp³-hybridized carbons (Fsp3) is 0.455. The highest BCUT2D eigenvalue weighted by Gasteiger charge is 2.24. The molecule has 0 unspecified atom stereocenters. The minimum absolute atomic E-state index is 0.0862. The fourth-order valence-corrected chi connectivity index (χ4v) is 3.75. The Labute approximate surface area is 170 Å². The number of ketones is 1. The molecule has 1 fully saturated rings. The predicted octanol–water partition coefficient (Wildman–Crippen LogP) is 2.25. The first-order valence-corrected chi connectivity index (χ1v) is 10.2. The van der Waals surface area contributed by atoms with Crippen LogP contribution >= 0.6 is 0 Å². The van der Waals surface area contributed by atoms with E-state index in [1.54, 1.807) is 0 Å². The fourth-order valence-electron chi connectivity index (χ4n) is 3.75. The van der Waals surface area contributed by atoms with Gasteiger partial charge in [-0.2, -0.15) is 0 Å². The average molecular weight is 394 g/mol. The SMILES string of the molecule is O=C(CCCC(=O)N1CCc2cnc(N3CCOCC3)nc2C1)c1ccccc1. The summed E-state index contributed by atoms with van der Waals surface area (Å²) in [5, 5.41) is 0. The summed E-state index contributed by atoms with van der Waals surface area (Å²) in [5.41, 5.74) is 2.76. The van der Waals surface area contributed by atoms with Crippen LogP contribution in [-0.4, -0.2) is 59.4 Å². The molecule has 29 heavy (non-hydrogen) atoms. The van der Waals surface area contributed by atoms with Gasteiger partial charge in [-0.1, -0.05) is 30.3 Å². The molecule has 2 aromatic rings. The Balaban J connectivity index is 1.31. The van der Waals surface area contributed by atoms with Crippen molar-refractivity contribution in [3.8, 4) is 0 Å². The van der Waals surface area contributed by atoms with Crippen LogP contribution in [0.2, 0.25) is 0 Å². The largest absolute Gasteiger partial charge is 0.378 e. The Hall–Kier alpha value is -2.80. The molecule has 7 nitrogen and oxygen atoms in total. The quantitative estimate of drug-likeness (QED) is 0.700. The molecule has 3 heterocycles. The van der Waals surface area contributed by atoms with Gasteiger partial charge in [0, 0.05) is 44.2 Å². The lowest BCUT2D eigenvalue weighted by molar-refractivity contribution is -0.132. The van der Waals surface area contributed by atoms with Crippen LogP contribution in [-0.2, 0) is 22.5 Å². The van der Waals surface area contributed by atoms with Crippen LogP contribution in [0.15, 0.2) is 36.5 Å². The smallest absolute Gasteiger partial charge is 0.225 e. The molecule has 0 spiro atoms. The molecule has 7 heteroatoms. The molecule has 1 aromatic carbocycles. The number of anilines is 1. The van der Waals surface area contributed by atoms with Gasteiger partial charge in [0.2, 0.25) is 11.9 Å². The summed E-state index contributed by atoms with van der Waals surface area (Å²) in [6, 6.07) is 9.24. The molecular formula is C22H26N4O3. The number of nitrogens with zero attached hydrogens (tertiary/aromatic N) is 4. The zero-order chi connectivity index (χ0) is 20.1. The van der Waals surface area contributed by atoms with E-state index in [0.29, 0.717) is 51.1 Å². The van der Waals surface area contributed by atoms with Gasteiger partial charge >= 0.3 is 0 Å². The number of carbonyl (C=O) groups excluding carboxylic acids is 2. The number of fused-ring (bicyclic) bond motifs is 1. The molecule has 152 valence electrons. The van der Waals surface area contributed by atoms with Gasteiger partial charge < -0.3 is 14.5 Å². The zero-order valence-corrected chi connectivity index (χ0v) is 16.5. The summed E-state index contributed by atoms with van der Waals surface area (Å²) in [4.78, 5) is 38.1. The highest BCUT2D eigenvalue weighted by molar-refractivity contribution is 5.96. The van der Waals surface area contributed by atoms with Gasteiger partial charge in [0.25, 0.3) is 0 Å². The van der Waals surface area contributed by atoms with Crippen LogP contribution in [0, 0.1) is 0 Å². The summed E-state index contributed by atoms with van der Waals surface area (Å²) in [7, 11) is 0. The van der Waals surface area contributed by atoms with E-state index < -0.39 is 0 Å². The van der Waals surface area contributed by atoms with Gasteiger partial charge in [0.15, 0.2) is 5.78 Å². The summed E-state index contributed by atoms with van der Waals surface area (Å²) < 4.78 is 5.39. The zero-order valence-electron chi connectivity index (χ0n) is 16.5. The van der Waals surface area contributed by atoms with Gasteiger partial charge in [0.1, 0.15) is 0 Å². The Bertz CT molecular complexity index is 866. The van der Waals surface area contributed by atoms with Crippen molar-refractivity contribution in [1.82, 2.24) is 14.9 Å². The second kappa shape index (κ2) is 9.13. The minimum Gasteiger partial charge on any atom is -0.378 e. The van der Waals surface area contributed by atoms with Crippen LogP contribution in [0.25, 0.3) is 0 Å². The van der Waals surface area contributed by atoms with Crippen LogP contribution in [0.1, 0.15) is 40.9 Å². The maximum atomic E-state index is 12.7. The molecule has 2 aliphatic rings. The first-order chi connectivity index (χ1) is 14.2. The third kappa shape index (κ3) is 4.79. The third-order valence-corrected chi connectivity index (χ3v) is 5.47. The first-order valence-electron chi connectivity index (χ1n) is 10.2. The highest BCUT2D eigenvalue weighted by Crippen LogP contribution is 2.21. The van der Waals surface area contributed by atoms with Crippen LogP contribution in [0.5, 0.6) is 0 Å². The van der Waals surface area contributed by atoms with Crippen molar-refractivity contribution in [1.29, 1.82) is 0 Å². The molecule has 0 aliphatic carbocycles. The number of hydrogen-bond donors (Lipinski definition) is 0. The van der Waals surface area contributed by atoms with E-state index in [1.165, 1.54) is 0 Å². The summed E-state index contributed by atoms with van der Waals surface area (Å²) in [6.07, 6.45) is 4.01. The molecule has 0 saturated carbocycles. The van der Waals surface area contributed by atoms with Gasteiger partial charge in [0.05, 0.1) is 25.5 Å². The van der Waals surface area contributed by atoms with E-state index in [1.807, 2.05) is 41.4 Å². The molecule has 0 radical (unpaired) electrons. The Morgan fingerprint density at radius 3 is 2.62 bits per heavy atom. The van der Waals surface area contributed by atoms with E-state index in [4.69, 9.17) is 9.72 Å². The summed E-state index contributed by atoms with van der Waals surface area (Å²) in [6.45, 7) is 4.15. The average Bonchev–Trinajstić information content (AvgIpc) is 2.79. The lowest BCUT2D eigenvalue weighted by Gasteiger charge is -2.30. The molecule has 1 saturated heterocycles.